The highest BCUT2D eigenvalue weighted by atomic mass is 127. The summed E-state index contributed by atoms with van der Waals surface area (Å²) in [5.74, 6) is 0. The molecule has 0 aromatic heterocycles. The molecule has 0 heterocycles. The molecule has 0 saturated heterocycles. The predicted octanol–water partition coefficient (Wildman–Crippen LogP) is 2.29. The average Bonchev–Trinajstić information content (AvgIpc) is 2.10. The third-order valence-corrected chi connectivity index (χ3v) is 2.79. The summed E-state index contributed by atoms with van der Waals surface area (Å²) in [5, 5.41) is 11.1. The fourth-order valence-electron chi connectivity index (χ4n) is 0.917. The van der Waals surface area contributed by atoms with Crippen LogP contribution in [-0.2, 0) is 6.54 Å². The maximum Gasteiger partial charge on any atom is 0.404 e. The number of hydrogen-bond acceptors (Lipinski definition) is 2. The van der Waals surface area contributed by atoms with Gasteiger partial charge < -0.3 is 16.2 Å². The molecule has 14 heavy (non-hydrogen) atoms. The predicted molar refractivity (Wildman–Crippen MR) is 63.4 cm³/mol. The summed E-state index contributed by atoms with van der Waals surface area (Å²) in [4.78, 5) is 10.2. The summed E-state index contributed by atoms with van der Waals surface area (Å²) >= 11 is 7.88. The van der Waals surface area contributed by atoms with E-state index < -0.39 is 6.09 Å². The quantitative estimate of drug-likeness (QED) is 0.576. The minimum absolute atomic E-state index is 0.228. The molecule has 4 N–H and O–H groups in total. The van der Waals surface area contributed by atoms with Crippen LogP contribution in [0.3, 0.4) is 0 Å². The summed E-state index contributed by atoms with van der Waals surface area (Å²) in [6, 6.07) is 3.44. The Morgan fingerprint density at radius 2 is 2.29 bits per heavy atom. The second-order valence-electron chi connectivity index (χ2n) is 2.63. The van der Waals surface area contributed by atoms with Gasteiger partial charge in [0, 0.05) is 10.1 Å². The Morgan fingerprint density at radius 3 is 2.79 bits per heavy atom. The molecule has 1 rings (SSSR count). The molecule has 1 amide bonds. The number of benzene rings is 1. The molecule has 4 nitrogen and oxygen atoms in total. The first-order valence-corrected chi connectivity index (χ1v) is 5.16. The topological polar surface area (TPSA) is 75.3 Å². The van der Waals surface area contributed by atoms with Gasteiger partial charge in [0.05, 0.1) is 10.7 Å². The zero-order valence-corrected chi connectivity index (χ0v) is 9.96. The van der Waals surface area contributed by atoms with E-state index in [0.29, 0.717) is 10.7 Å². The Balaban J connectivity index is 2.84. The number of anilines is 1. The van der Waals surface area contributed by atoms with E-state index in [1.807, 2.05) is 22.6 Å². The van der Waals surface area contributed by atoms with Gasteiger partial charge in [0.25, 0.3) is 0 Å². The fraction of sp³-hybridized carbons (Fsp3) is 0.125. The molecule has 0 atom stereocenters. The fourth-order valence-corrected chi connectivity index (χ4v) is 2.01. The normalized spacial score (nSPS) is 9.86. The van der Waals surface area contributed by atoms with Gasteiger partial charge in [-0.25, -0.2) is 4.79 Å². The van der Waals surface area contributed by atoms with E-state index >= 15 is 0 Å². The van der Waals surface area contributed by atoms with Crippen molar-refractivity contribution in [3.8, 4) is 0 Å². The standard InChI is InChI=1S/C8H8ClIN2O2/c9-5-1-4(3-12-8(13)14)2-6(10)7(5)11/h1-2,12H,3,11H2,(H,13,14). The summed E-state index contributed by atoms with van der Waals surface area (Å²) in [7, 11) is 0. The molecule has 0 aliphatic heterocycles. The molecule has 0 aliphatic rings. The zero-order valence-electron chi connectivity index (χ0n) is 7.05. The number of carbonyl (C=O) groups is 1. The van der Waals surface area contributed by atoms with Crippen molar-refractivity contribution in [3.63, 3.8) is 0 Å². The van der Waals surface area contributed by atoms with Crippen molar-refractivity contribution < 1.29 is 9.90 Å². The van der Waals surface area contributed by atoms with E-state index in [1.165, 1.54) is 0 Å². The van der Waals surface area contributed by atoms with Crippen molar-refractivity contribution in [2.45, 2.75) is 6.54 Å². The molecule has 76 valence electrons. The lowest BCUT2D eigenvalue weighted by molar-refractivity contribution is 0.194. The van der Waals surface area contributed by atoms with Crippen LogP contribution in [0.4, 0.5) is 10.5 Å². The Labute approximate surface area is 99.6 Å². The molecule has 1 aromatic carbocycles. The van der Waals surface area contributed by atoms with Crippen LogP contribution in [0.15, 0.2) is 12.1 Å². The van der Waals surface area contributed by atoms with Crippen molar-refractivity contribution >= 4 is 46.0 Å². The van der Waals surface area contributed by atoms with Crippen LogP contribution in [-0.4, -0.2) is 11.2 Å². The Kier molecular flexibility index (Phi) is 3.82. The molecule has 0 bridgehead atoms. The lowest BCUT2D eigenvalue weighted by Gasteiger charge is -2.06. The van der Waals surface area contributed by atoms with Crippen LogP contribution in [0.5, 0.6) is 0 Å². The highest BCUT2D eigenvalue weighted by Crippen LogP contribution is 2.26. The number of halogens is 2. The second-order valence-corrected chi connectivity index (χ2v) is 4.20. The summed E-state index contributed by atoms with van der Waals surface area (Å²) < 4.78 is 0.817. The van der Waals surface area contributed by atoms with Crippen LogP contribution in [0.25, 0.3) is 0 Å². The van der Waals surface area contributed by atoms with Gasteiger partial charge in [-0.15, -0.1) is 0 Å². The van der Waals surface area contributed by atoms with Crippen LogP contribution in [0.1, 0.15) is 5.56 Å². The monoisotopic (exact) mass is 326 g/mol. The number of hydrogen-bond donors (Lipinski definition) is 3. The maximum absolute atomic E-state index is 10.2. The van der Waals surface area contributed by atoms with Gasteiger partial charge in [-0.3, -0.25) is 0 Å². The van der Waals surface area contributed by atoms with Crippen LogP contribution >= 0.6 is 34.2 Å². The molecule has 0 saturated carbocycles. The number of nitrogen functional groups attached to an aromatic ring is 1. The van der Waals surface area contributed by atoms with Crippen LogP contribution in [0, 0.1) is 3.57 Å². The van der Waals surface area contributed by atoms with E-state index in [4.69, 9.17) is 22.4 Å². The largest absolute Gasteiger partial charge is 0.465 e. The van der Waals surface area contributed by atoms with Crippen molar-refractivity contribution in [1.82, 2.24) is 5.32 Å². The number of carboxylic acid groups (broad SMARTS) is 1. The van der Waals surface area contributed by atoms with E-state index in [2.05, 4.69) is 5.32 Å². The first-order valence-electron chi connectivity index (χ1n) is 3.71. The van der Waals surface area contributed by atoms with Crippen molar-refractivity contribution in [2.24, 2.45) is 0 Å². The number of rotatable bonds is 2. The molecule has 0 aliphatic carbocycles. The molecular formula is C8H8ClIN2O2. The van der Waals surface area contributed by atoms with Gasteiger partial charge in [-0.05, 0) is 40.3 Å². The summed E-state index contributed by atoms with van der Waals surface area (Å²) in [6.07, 6.45) is -1.06. The third kappa shape index (κ3) is 2.91. The summed E-state index contributed by atoms with van der Waals surface area (Å²) in [6.45, 7) is 0.228. The van der Waals surface area contributed by atoms with Gasteiger partial charge in [0.1, 0.15) is 0 Å². The number of amides is 1. The highest BCUT2D eigenvalue weighted by molar-refractivity contribution is 14.1. The van der Waals surface area contributed by atoms with Crippen LogP contribution in [0.2, 0.25) is 5.02 Å². The number of nitrogens with one attached hydrogen (secondary N) is 1. The molecule has 0 unspecified atom stereocenters. The Morgan fingerprint density at radius 1 is 1.64 bits per heavy atom. The molecule has 0 radical (unpaired) electrons. The minimum atomic E-state index is -1.06. The molecule has 6 heteroatoms. The molecular weight excluding hydrogens is 318 g/mol. The highest BCUT2D eigenvalue weighted by Gasteiger charge is 2.04. The van der Waals surface area contributed by atoms with Crippen LogP contribution < -0.4 is 11.1 Å². The second kappa shape index (κ2) is 4.70. The first-order chi connectivity index (χ1) is 6.50. The van der Waals surface area contributed by atoms with Gasteiger partial charge >= 0.3 is 6.09 Å². The Hall–Kier alpha value is -0.690. The SMILES string of the molecule is Nc1c(Cl)cc(CNC(=O)O)cc1I. The van der Waals surface area contributed by atoms with E-state index in [9.17, 15) is 4.79 Å². The minimum Gasteiger partial charge on any atom is -0.465 e. The van der Waals surface area contributed by atoms with Crippen molar-refractivity contribution in [3.05, 3.63) is 26.3 Å². The summed E-state index contributed by atoms with van der Waals surface area (Å²) in [5.41, 5.74) is 6.94. The maximum atomic E-state index is 10.2. The van der Waals surface area contributed by atoms with Gasteiger partial charge in [-0.2, -0.15) is 0 Å². The third-order valence-electron chi connectivity index (χ3n) is 1.58. The lowest BCUT2D eigenvalue weighted by atomic mass is 10.2. The molecule has 0 fully saturated rings. The first kappa shape index (κ1) is 11.4. The molecule has 1 aromatic rings. The lowest BCUT2D eigenvalue weighted by Crippen LogP contribution is -2.20. The van der Waals surface area contributed by atoms with Gasteiger partial charge in [0.2, 0.25) is 0 Å². The van der Waals surface area contributed by atoms with Crippen molar-refractivity contribution in [1.29, 1.82) is 0 Å². The Bertz CT molecular complexity index is 347. The van der Waals surface area contributed by atoms with Gasteiger partial charge in [0.15, 0.2) is 0 Å². The van der Waals surface area contributed by atoms with E-state index in [-0.39, 0.29) is 6.54 Å². The van der Waals surface area contributed by atoms with E-state index in [0.717, 1.165) is 9.13 Å². The molecule has 0 spiro atoms. The number of nitrogens with two attached hydrogens (primary N) is 1. The average molecular weight is 327 g/mol. The van der Waals surface area contributed by atoms with Gasteiger partial charge in [-0.1, -0.05) is 11.6 Å². The van der Waals surface area contributed by atoms with Crippen molar-refractivity contribution in [2.75, 3.05) is 5.73 Å². The zero-order chi connectivity index (χ0) is 10.7. The van der Waals surface area contributed by atoms with E-state index in [1.54, 1.807) is 12.1 Å². The smallest absolute Gasteiger partial charge is 0.404 e.